The van der Waals surface area contributed by atoms with Gasteiger partial charge in [0.2, 0.25) is 0 Å². The monoisotopic (exact) mass is 406 g/mol. The highest BCUT2D eigenvalue weighted by atomic mass is 16.6. The van der Waals surface area contributed by atoms with E-state index in [0.29, 0.717) is 25.2 Å². The smallest absolute Gasteiger partial charge is 0.409 e. The Balaban J connectivity index is 1.14. The van der Waals surface area contributed by atoms with E-state index in [1.165, 1.54) is 22.3 Å². The maximum atomic E-state index is 12.6. The molecule has 0 bridgehead atoms. The Hall–Kier alpha value is -2.37. The van der Waals surface area contributed by atoms with Crippen molar-refractivity contribution in [3.05, 3.63) is 59.7 Å². The summed E-state index contributed by atoms with van der Waals surface area (Å²) < 4.78 is 5.77. The first kappa shape index (κ1) is 19.6. The number of nitrogens with zero attached hydrogens (tertiary/aromatic N) is 2. The average molecular weight is 407 g/mol. The molecule has 5 nitrogen and oxygen atoms in total. The number of hydrogen-bond donors (Lipinski definition) is 1. The van der Waals surface area contributed by atoms with Crippen molar-refractivity contribution in [1.82, 2.24) is 9.80 Å². The van der Waals surface area contributed by atoms with Crippen LogP contribution < -0.4 is 0 Å². The molecule has 5 rings (SSSR count). The fourth-order valence-electron chi connectivity index (χ4n) is 5.31. The predicted octanol–water partition coefficient (Wildman–Crippen LogP) is 3.71. The Kier molecular flexibility index (Phi) is 5.48. The van der Waals surface area contributed by atoms with E-state index >= 15 is 0 Å². The van der Waals surface area contributed by atoms with Crippen LogP contribution in [0.15, 0.2) is 48.5 Å². The number of amides is 1. The molecule has 0 saturated carbocycles. The number of piperidine rings is 1. The zero-order valence-corrected chi connectivity index (χ0v) is 17.4. The van der Waals surface area contributed by atoms with Crippen molar-refractivity contribution < 1.29 is 14.6 Å². The lowest BCUT2D eigenvalue weighted by Gasteiger charge is -2.47. The van der Waals surface area contributed by atoms with Gasteiger partial charge in [-0.1, -0.05) is 48.5 Å². The SMILES string of the molecule is O=C(OCC1c2ccccc2-c2ccccc21)N1CC(N2CCC(CCO)CC2)C1. The molecule has 1 aliphatic carbocycles. The number of rotatable bonds is 5. The van der Waals surface area contributed by atoms with E-state index in [9.17, 15) is 4.79 Å². The zero-order chi connectivity index (χ0) is 20.5. The summed E-state index contributed by atoms with van der Waals surface area (Å²) in [5.41, 5.74) is 5.00. The van der Waals surface area contributed by atoms with E-state index in [-0.39, 0.29) is 12.0 Å². The predicted molar refractivity (Wildman–Crippen MR) is 116 cm³/mol. The van der Waals surface area contributed by atoms with E-state index in [1.54, 1.807) is 0 Å². The van der Waals surface area contributed by atoms with Gasteiger partial charge in [0.25, 0.3) is 0 Å². The molecule has 1 amide bonds. The van der Waals surface area contributed by atoms with Gasteiger partial charge in [-0.25, -0.2) is 4.79 Å². The second kappa shape index (κ2) is 8.40. The van der Waals surface area contributed by atoms with Gasteiger partial charge >= 0.3 is 6.09 Å². The molecule has 2 fully saturated rings. The zero-order valence-electron chi connectivity index (χ0n) is 17.4. The average Bonchev–Trinajstić information content (AvgIpc) is 3.06. The van der Waals surface area contributed by atoms with E-state index in [0.717, 1.165) is 45.4 Å². The van der Waals surface area contributed by atoms with Crippen LogP contribution in [0.5, 0.6) is 0 Å². The summed E-state index contributed by atoms with van der Waals surface area (Å²) in [5.74, 6) is 0.772. The molecule has 1 N–H and O–H groups in total. The van der Waals surface area contributed by atoms with Gasteiger partial charge < -0.3 is 14.7 Å². The third-order valence-corrected chi connectivity index (χ3v) is 7.16. The molecule has 2 aromatic rings. The Bertz CT molecular complexity index is 855. The number of ether oxygens (including phenoxy) is 1. The van der Waals surface area contributed by atoms with Crippen LogP contribution in [0.25, 0.3) is 11.1 Å². The molecular weight excluding hydrogens is 376 g/mol. The molecule has 30 heavy (non-hydrogen) atoms. The Morgan fingerprint density at radius 3 is 2.17 bits per heavy atom. The molecule has 0 radical (unpaired) electrons. The van der Waals surface area contributed by atoms with Gasteiger partial charge in [-0.05, 0) is 60.5 Å². The van der Waals surface area contributed by atoms with Crippen LogP contribution in [0, 0.1) is 5.92 Å². The number of fused-ring (bicyclic) bond motifs is 3. The number of likely N-dealkylation sites (tertiary alicyclic amines) is 2. The highest BCUT2D eigenvalue weighted by molar-refractivity contribution is 5.79. The van der Waals surface area contributed by atoms with Crippen LogP contribution in [-0.2, 0) is 4.74 Å². The molecular formula is C25H30N2O3. The fraction of sp³-hybridized carbons (Fsp3) is 0.480. The van der Waals surface area contributed by atoms with Gasteiger partial charge in [-0.3, -0.25) is 4.90 Å². The van der Waals surface area contributed by atoms with Gasteiger partial charge in [-0.2, -0.15) is 0 Å². The van der Waals surface area contributed by atoms with E-state index < -0.39 is 0 Å². The molecule has 0 unspecified atom stereocenters. The van der Waals surface area contributed by atoms with Crippen molar-refractivity contribution in [2.24, 2.45) is 5.92 Å². The van der Waals surface area contributed by atoms with Crippen molar-refractivity contribution in [3.63, 3.8) is 0 Å². The third kappa shape index (κ3) is 3.61. The summed E-state index contributed by atoms with van der Waals surface area (Å²) in [6.45, 7) is 4.37. The molecule has 2 heterocycles. The van der Waals surface area contributed by atoms with Crippen molar-refractivity contribution in [2.75, 3.05) is 39.4 Å². The maximum Gasteiger partial charge on any atom is 0.409 e. The molecule has 0 spiro atoms. The molecule has 3 aliphatic rings. The molecule has 158 valence electrons. The lowest BCUT2D eigenvalue weighted by Crippen LogP contribution is -2.62. The summed E-state index contributed by atoms with van der Waals surface area (Å²) in [4.78, 5) is 17.0. The summed E-state index contributed by atoms with van der Waals surface area (Å²) in [5, 5.41) is 9.11. The number of aliphatic hydroxyl groups is 1. The van der Waals surface area contributed by atoms with Crippen molar-refractivity contribution in [1.29, 1.82) is 0 Å². The summed E-state index contributed by atoms with van der Waals surface area (Å²) >= 11 is 0. The van der Waals surface area contributed by atoms with Crippen LogP contribution in [0.4, 0.5) is 4.79 Å². The minimum Gasteiger partial charge on any atom is -0.448 e. The van der Waals surface area contributed by atoms with Crippen LogP contribution >= 0.6 is 0 Å². The molecule has 2 aromatic carbocycles. The lowest BCUT2D eigenvalue weighted by atomic mass is 9.92. The van der Waals surface area contributed by atoms with E-state index in [4.69, 9.17) is 9.84 Å². The standard InChI is InChI=1S/C25H30N2O3/c28-14-11-18-9-12-26(13-10-18)19-15-27(16-19)25(29)30-17-24-22-7-3-1-5-20(22)21-6-2-4-8-23(21)24/h1-8,18-19,24,28H,9-17H2. The van der Waals surface area contributed by atoms with Gasteiger partial charge in [0.05, 0.1) is 0 Å². The molecule has 5 heteroatoms. The van der Waals surface area contributed by atoms with Crippen molar-refractivity contribution in [2.45, 2.75) is 31.2 Å². The lowest BCUT2D eigenvalue weighted by molar-refractivity contribution is 0.00614. The first-order chi connectivity index (χ1) is 14.7. The van der Waals surface area contributed by atoms with Crippen LogP contribution in [0.3, 0.4) is 0 Å². The summed E-state index contributed by atoms with van der Waals surface area (Å²) in [6, 6.07) is 17.3. The normalized spacial score (nSPS) is 20.0. The second-order valence-corrected chi connectivity index (χ2v) is 8.85. The number of carbonyl (C=O) groups is 1. The summed E-state index contributed by atoms with van der Waals surface area (Å²) in [6.07, 6.45) is 3.04. The van der Waals surface area contributed by atoms with Gasteiger partial charge in [0.15, 0.2) is 0 Å². The van der Waals surface area contributed by atoms with Gasteiger partial charge in [0.1, 0.15) is 6.61 Å². The van der Waals surface area contributed by atoms with E-state index in [1.807, 2.05) is 4.90 Å². The number of aliphatic hydroxyl groups excluding tert-OH is 1. The first-order valence-electron chi connectivity index (χ1n) is 11.2. The first-order valence-corrected chi connectivity index (χ1v) is 11.2. The quantitative estimate of drug-likeness (QED) is 0.822. The van der Waals surface area contributed by atoms with Crippen LogP contribution in [0.2, 0.25) is 0 Å². The second-order valence-electron chi connectivity index (χ2n) is 8.85. The molecule has 2 saturated heterocycles. The topological polar surface area (TPSA) is 53.0 Å². The Morgan fingerprint density at radius 2 is 1.57 bits per heavy atom. The molecule has 0 atom stereocenters. The third-order valence-electron chi connectivity index (χ3n) is 7.16. The highest BCUT2D eigenvalue weighted by Gasteiger charge is 2.38. The fourth-order valence-corrected chi connectivity index (χ4v) is 5.31. The maximum absolute atomic E-state index is 12.6. The van der Waals surface area contributed by atoms with Gasteiger partial charge in [0, 0.05) is 31.7 Å². The Labute approximate surface area is 178 Å². The number of hydrogen-bond acceptors (Lipinski definition) is 4. The van der Waals surface area contributed by atoms with Crippen molar-refractivity contribution in [3.8, 4) is 11.1 Å². The van der Waals surface area contributed by atoms with Crippen LogP contribution in [-0.4, -0.2) is 66.4 Å². The van der Waals surface area contributed by atoms with Gasteiger partial charge in [-0.15, -0.1) is 0 Å². The number of carbonyl (C=O) groups excluding carboxylic acids is 1. The highest BCUT2D eigenvalue weighted by Crippen LogP contribution is 2.44. The molecule has 0 aromatic heterocycles. The van der Waals surface area contributed by atoms with Crippen LogP contribution in [0.1, 0.15) is 36.3 Å². The molecule has 2 aliphatic heterocycles. The Morgan fingerprint density at radius 1 is 0.967 bits per heavy atom. The number of benzene rings is 2. The largest absolute Gasteiger partial charge is 0.448 e. The summed E-state index contributed by atoms with van der Waals surface area (Å²) in [7, 11) is 0. The van der Waals surface area contributed by atoms with Crippen molar-refractivity contribution >= 4 is 6.09 Å². The minimum absolute atomic E-state index is 0.115. The minimum atomic E-state index is -0.191. The van der Waals surface area contributed by atoms with E-state index in [2.05, 4.69) is 53.4 Å².